The van der Waals surface area contributed by atoms with Crippen LogP contribution in [0.1, 0.15) is 62.4 Å². The van der Waals surface area contributed by atoms with Crippen LogP contribution in [0.3, 0.4) is 0 Å². The second-order valence-electron chi connectivity index (χ2n) is 9.21. The first-order valence-electron chi connectivity index (χ1n) is 11.9. The lowest BCUT2D eigenvalue weighted by atomic mass is 9.88. The fraction of sp³-hybridized carbons (Fsp3) is 0.520. The van der Waals surface area contributed by atoms with Crippen molar-refractivity contribution in [3.8, 4) is 27.8 Å². The average Bonchev–Trinajstić information content (AvgIpc) is 3.44. The number of Topliss-reactive ketones (excluding diaryl/α,β-unsaturated/α-hetero) is 1. The van der Waals surface area contributed by atoms with Gasteiger partial charge in [0, 0.05) is 29.3 Å². The molecular weight excluding hydrogens is 434 g/mol. The maximum atomic E-state index is 11.8. The molecule has 0 unspecified atom stereocenters. The summed E-state index contributed by atoms with van der Waals surface area (Å²) in [5, 5.41) is 5.29. The van der Waals surface area contributed by atoms with E-state index < -0.39 is 0 Å². The number of carbonyl (C=O) groups is 1. The van der Waals surface area contributed by atoms with Crippen molar-refractivity contribution in [2.24, 2.45) is 0 Å². The van der Waals surface area contributed by atoms with Crippen LogP contribution in [0.5, 0.6) is 5.75 Å². The second kappa shape index (κ2) is 9.35. The molecule has 33 heavy (non-hydrogen) atoms. The Balaban J connectivity index is 1.38. The fourth-order valence-electron chi connectivity index (χ4n) is 4.76. The van der Waals surface area contributed by atoms with Gasteiger partial charge in [0.25, 0.3) is 0 Å². The van der Waals surface area contributed by atoms with Crippen LogP contribution in [0.2, 0.25) is 0 Å². The predicted molar refractivity (Wildman–Crippen MR) is 130 cm³/mol. The molecule has 8 heteroatoms. The molecule has 0 bridgehead atoms. The topological polar surface area (TPSA) is 73.1 Å². The third kappa shape index (κ3) is 4.46. The van der Waals surface area contributed by atoms with E-state index in [-0.39, 0.29) is 6.04 Å². The van der Waals surface area contributed by atoms with Gasteiger partial charge in [0.05, 0.1) is 18.8 Å². The largest absolute Gasteiger partial charge is 0.492 e. The number of ether oxygens (including phenoxy) is 1. The van der Waals surface area contributed by atoms with Crippen molar-refractivity contribution >= 4 is 17.1 Å². The smallest absolute Gasteiger partial charge is 0.187 e. The van der Waals surface area contributed by atoms with Crippen LogP contribution >= 0.6 is 11.3 Å². The molecule has 3 aromatic rings. The molecule has 1 aromatic carbocycles. The quantitative estimate of drug-likeness (QED) is 0.523. The molecule has 5 rings (SSSR count). The Morgan fingerprint density at radius 3 is 2.85 bits per heavy atom. The molecule has 174 valence electrons. The maximum absolute atomic E-state index is 11.8. The molecular formula is C25H31N5O2S. The molecule has 2 aliphatic heterocycles. The highest BCUT2D eigenvalue weighted by atomic mass is 32.1. The number of fused-ring (bicyclic) bond motifs is 3. The summed E-state index contributed by atoms with van der Waals surface area (Å²) < 4.78 is 8.11. The Kier molecular flexibility index (Phi) is 6.29. The first-order chi connectivity index (χ1) is 16.0. The van der Waals surface area contributed by atoms with Gasteiger partial charge >= 0.3 is 0 Å². The number of likely N-dealkylation sites (tertiary alicyclic amines) is 1. The molecule has 0 spiro atoms. The number of thiazole rings is 1. The minimum atomic E-state index is 0.232. The summed E-state index contributed by atoms with van der Waals surface area (Å²) in [6.45, 7) is 9.35. The zero-order valence-electron chi connectivity index (χ0n) is 19.6. The number of nitrogens with zero attached hydrogens (tertiary/aromatic N) is 5. The van der Waals surface area contributed by atoms with E-state index in [1.807, 2.05) is 11.6 Å². The summed E-state index contributed by atoms with van der Waals surface area (Å²) in [4.78, 5) is 24.8. The molecule has 0 amide bonds. The minimum Gasteiger partial charge on any atom is -0.492 e. The van der Waals surface area contributed by atoms with Crippen LogP contribution in [0.25, 0.3) is 22.1 Å². The highest BCUT2D eigenvalue weighted by molar-refractivity contribution is 7.15. The first-order valence-corrected chi connectivity index (χ1v) is 12.8. The van der Waals surface area contributed by atoms with E-state index in [9.17, 15) is 4.79 Å². The molecule has 2 aliphatic rings. The van der Waals surface area contributed by atoms with Crippen molar-refractivity contribution in [3.63, 3.8) is 0 Å². The fourth-order valence-corrected chi connectivity index (χ4v) is 5.80. The number of piperidine rings is 1. The summed E-state index contributed by atoms with van der Waals surface area (Å²) in [6.07, 6.45) is 5.23. The molecule has 0 saturated carbocycles. The summed E-state index contributed by atoms with van der Waals surface area (Å²) in [5.41, 5.74) is 3.41. The Labute approximate surface area is 198 Å². The Morgan fingerprint density at radius 2 is 2.09 bits per heavy atom. The van der Waals surface area contributed by atoms with Crippen LogP contribution in [-0.4, -0.2) is 56.7 Å². The monoisotopic (exact) mass is 465 g/mol. The summed E-state index contributed by atoms with van der Waals surface area (Å²) in [6, 6.07) is 6.87. The molecule has 4 heterocycles. The van der Waals surface area contributed by atoms with Gasteiger partial charge in [0.1, 0.15) is 17.9 Å². The number of aromatic nitrogens is 4. The van der Waals surface area contributed by atoms with Gasteiger partial charge in [-0.05, 0) is 63.4 Å². The molecule has 0 radical (unpaired) electrons. The van der Waals surface area contributed by atoms with Crippen molar-refractivity contribution < 1.29 is 9.53 Å². The molecule has 0 N–H and O–H groups in total. The van der Waals surface area contributed by atoms with Crippen molar-refractivity contribution in [1.29, 1.82) is 0 Å². The van der Waals surface area contributed by atoms with E-state index in [2.05, 4.69) is 47.0 Å². The van der Waals surface area contributed by atoms with Crippen molar-refractivity contribution in [1.82, 2.24) is 24.6 Å². The average molecular weight is 466 g/mol. The van der Waals surface area contributed by atoms with E-state index in [1.54, 1.807) is 17.7 Å². The number of rotatable bonds is 6. The van der Waals surface area contributed by atoms with Crippen LogP contribution < -0.4 is 4.74 Å². The Morgan fingerprint density at radius 1 is 1.27 bits per heavy atom. The molecule has 1 saturated heterocycles. The zero-order valence-corrected chi connectivity index (χ0v) is 20.4. The van der Waals surface area contributed by atoms with Gasteiger partial charge < -0.3 is 4.74 Å². The Hall–Kier alpha value is -2.58. The van der Waals surface area contributed by atoms with Gasteiger partial charge in [-0.15, -0.1) is 11.3 Å². The third-order valence-corrected chi connectivity index (χ3v) is 7.76. The van der Waals surface area contributed by atoms with Gasteiger partial charge in [-0.3, -0.25) is 9.69 Å². The van der Waals surface area contributed by atoms with E-state index in [0.29, 0.717) is 31.3 Å². The lowest BCUT2D eigenvalue weighted by molar-refractivity contribution is -0.120. The van der Waals surface area contributed by atoms with E-state index in [4.69, 9.17) is 9.72 Å². The lowest BCUT2D eigenvalue weighted by Crippen LogP contribution is -2.36. The lowest BCUT2D eigenvalue weighted by Gasteiger charge is -2.31. The standard InChI is InChI=1S/C25H31N5O2S/c1-4-19(31)14-29-10-7-17(8-11-29)18-5-6-20-21(13-18)32-12-9-22-23(20)28-25(33-22)24-26-15-27-30(24)16(2)3/h5-6,13,15-17H,4,7-12,14H2,1-3H3. The normalized spacial score (nSPS) is 16.8. The number of benzene rings is 1. The molecule has 1 fully saturated rings. The van der Waals surface area contributed by atoms with E-state index >= 15 is 0 Å². The van der Waals surface area contributed by atoms with Crippen LogP contribution in [0.4, 0.5) is 0 Å². The summed E-state index contributed by atoms with van der Waals surface area (Å²) in [7, 11) is 0. The first kappa shape index (κ1) is 22.2. The number of hydrogen-bond donors (Lipinski definition) is 0. The maximum Gasteiger partial charge on any atom is 0.187 e. The van der Waals surface area contributed by atoms with Gasteiger partial charge in [-0.2, -0.15) is 5.10 Å². The summed E-state index contributed by atoms with van der Waals surface area (Å²) in [5.74, 6) is 2.59. The van der Waals surface area contributed by atoms with Crippen LogP contribution in [0.15, 0.2) is 24.5 Å². The van der Waals surface area contributed by atoms with E-state index in [1.165, 1.54) is 10.4 Å². The van der Waals surface area contributed by atoms with Gasteiger partial charge in [0.2, 0.25) is 0 Å². The van der Waals surface area contributed by atoms with Crippen LogP contribution in [0, 0.1) is 0 Å². The summed E-state index contributed by atoms with van der Waals surface area (Å²) >= 11 is 1.69. The Bertz CT molecular complexity index is 1140. The highest BCUT2D eigenvalue weighted by Crippen LogP contribution is 2.42. The van der Waals surface area contributed by atoms with Gasteiger partial charge in [0.15, 0.2) is 10.8 Å². The second-order valence-corrected chi connectivity index (χ2v) is 10.3. The van der Waals surface area contributed by atoms with Crippen LogP contribution in [-0.2, 0) is 11.2 Å². The van der Waals surface area contributed by atoms with Gasteiger partial charge in [-0.1, -0.05) is 13.0 Å². The molecule has 0 atom stereocenters. The van der Waals surface area contributed by atoms with Gasteiger partial charge in [-0.25, -0.2) is 14.6 Å². The molecule has 0 aliphatic carbocycles. The number of carbonyl (C=O) groups excluding carboxylic acids is 1. The number of ketones is 1. The van der Waals surface area contributed by atoms with E-state index in [0.717, 1.165) is 60.2 Å². The zero-order chi connectivity index (χ0) is 22.9. The van der Waals surface area contributed by atoms with Crippen molar-refractivity contribution in [2.75, 3.05) is 26.2 Å². The predicted octanol–water partition coefficient (Wildman–Crippen LogP) is 4.74. The van der Waals surface area contributed by atoms with Crippen molar-refractivity contribution in [2.45, 2.75) is 58.4 Å². The SMILES string of the molecule is CCC(=O)CN1CCC(c2ccc3c(c2)OCCc2sc(-c4ncnn4C(C)C)nc2-3)CC1. The van der Waals surface area contributed by atoms with Crippen molar-refractivity contribution in [3.05, 3.63) is 35.0 Å². The molecule has 7 nitrogen and oxygen atoms in total. The highest BCUT2D eigenvalue weighted by Gasteiger charge is 2.26. The minimum absolute atomic E-state index is 0.232. The third-order valence-electron chi connectivity index (χ3n) is 6.65. The molecule has 2 aromatic heterocycles. The number of hydrogen-bond acceptors (Lipinski definition) is 7.